The van der Waals surface area contributed by atoms with Gasteiger partial charge in [0.1, 0.15) is 5.82 Å². The number of methoxy groups -OCH3 is 1. The van der Waals surface area contributed by atoms with Crippen LogP contribution in [0.25, 0.3) is 0 Å². The van der Waals surface area contributed by atoms with Crippen LogP contribution in [0.4, 0.5) is 9.52 Å². The van der Waals surface area contributed by atoms with Gasteiger partial charge < -0.3 is 4.74 Å². The highest BCUT2D eigenvalue weighted by Gasteiger charge is 2.35. The third-order valence-corrected chi connectivity index (χ3v) is 5.92. The number of fused-ring (bicyclic) bond motifs is 1. The summed E-state index contributed by atoms with van der Waals surface area (Å²) in [5.74, 6) is -1.52. The molecular formula is C23H20FN3O4S. The van der Waals surface area contributed by atoms with Gasteiger partial charge in [-0.05, 0) is 42.3 Å². The van der Waals surface area contributed by atoms with Crippen molar-refractivity contribution in [2.45, 2.75) is 12.8 Å². The maximum atomic E-state index is 13.4. The molecule has 0 radical (unpaired) electrons. The van der Waals surface area contributed by atoms with Crippen molar-refractivity contribution in [2.24, 2.45) is 0 Å². The highest BCUT2D eigenvalue weighted by Crippen LogP contribution is 2.26. The number of rotatable bonds is 8. The summed E-state index contributed by atoms with van der Waals surface area (Å²) in [6.07, 6.45) is 2.67. The molecule has 0 unspecified atom stereocenters. The smallest absolute Gasteiger partial charge is 0.261 e. The Morgan fingerprint density at radius 2 is 1.97 bits per heavy atom. The van der Waals surface area contributed by atoms with Gasteiger partial charge in [-0.2, -0.15) is 0 Å². The average Bonchev–Trinajstić information content (AvgIpc) is 3.31. The van der Waals surface area contributed by atoms with E-state index in [4.69, 9.17) is 4.74 Å². The van der Waals surface area contributed by atoms with E-state index in [1.807, 2.05) is 6.07 Å². The number of carbonyl (C=O) groups is 3. The van der Waals surface area contributed by atoms with Crippen molar-refractivity contribution in [2.75, 3.05) is 25.6 Å². The van der Waals surface area contributed by atoms with Crippen molar-refractivity contribution in [3.63, 3.8) is 0 Å². The molecule has 2 aromatic carbocycles. The molecule has 0 aliphatic carbocycles. The molecule has 1 aliphatic heterocycles. The van der Waals surface area contributed by atoms with Gasteiger partial charge in [-0.25, -0.2) is 9.37 Å². The van der Waals surface area contributed by atoms with Gasteiger partial charge in [0, 0.05) is 43.3 Å². The van der Waals surface area contributed by atoms with Crippen molar-refractivity contribution >= 4 is 34.2 Å². The quantitative estimate of drug-likeness (QED) is 0.415. The third-order valence-electron chi connectivity index (χ3n) is 5.00. The molecule has 1 aliphatic rings. The summed E-state index contributed by atoms with van der Waals surface area (Å²) in [4.78, 5) is 44.0. The van der Waals surface area contributed by atoms with Crippen LogP contribution in [0.2, 0.25) is 0 Å². The van der Waals surface area contributed by atoms with Gasteiger partial charge in [0.2, 0.25) is 0 Å². The Hall–Kier alpha value is -3.43. The first-order chi connectivity index (χ1) is 15.5. The standard InChI is InChI=1S/C23H20FN3O4S/c1-31-9-3-8-27-21(29)18-7-6-15(12-19(18)22(27)30)20(28)26-23-25-13-17(32-23)11-14-4-2-5-16(24)10-14/h2,4-7,10,12-13H,3,8-9,11H2,1H3,(H,25,26,28). The minimum Gasteiger partial charge on any atom is -0.385 e. The molecule has 9 heteroatoms. The van der Waals surface area contributed by atoms with Crippen LogP contribution < -0.4 is 5.32 Å². The van der Waals surface area contributed by atoms with E-state index < -0.39 is 11.8 Å². The summed E-state index contributed by atoms with van der Waals surface area (Å²) in [6.45, 7) is 0.699. The summed E-state index contributed by atoms with van der Waals surface area (Å²) in [5, 5.41) is 3.11. The fourth-order valence-electron chi connectivity index (χ4n) is 3.47. The van der Waals surface area contributed by atoms with Crippen molar-refractivity contribution in [3.05, 3.63) is 81.6 Å². The zero-order valence-electron chi connectivity index (χ0n) is 17.3. The van der Waals surface area contributed by atoms with E-state index in [-0.39, 0.29) is 35.0 Å². The Bertz CT molecular complexity index is 1190. The molecule has 3 amide bonds. The number of imide groups is 1. The first kappa shape index (κ1) is 21.8. The summed E-state index contributed by atoms with van der Waals surface area (Å²) in [7, 11) is 1.56. The van der Waals surface area contributed by atoms with Crippen LogP contribution in [0.5, 0.6) is 0 Å². The highest BCUT2D eigenvalue weighted by atomic mass is 32.1. The number of hydrogen-bond donors (Lipinski definition) is 1. The van der Waals surface area contributed by atoms with Crippen LogP contribution in [-0.2, 0) is 11.2 Å². The zero-order chi connectivity index (χ0) is 22.7. The molecule has 32 heavy (non-hydrogen) atoms. The van der Waals surface area contributed by atoms with Crippen molar-refractivity contribution in [1.82, 2.24) is 9.88 Å². The van der Waals surface area contributed by atoms with E-state index in [2.05, 4.69) is 10.3 Å². The molecule has 7 nitrogen and oxygen atoms in total. The molecule has 0 atom stereocenters. The monoisotopic (exact) mass is 453 g/mol. The number of nitrogens with zero attached hydrogens (tertiary/aromatic N) is 2. The molecule has 3 aromatic rings. The first-order valence-electron chi connectivity index (χ1n) is 9.96. The second kappa shape index (κ2) is 9.37. The summed E-state index contributed by atoms with van der Waals surface area (Å²) in [6, 6.07) is 10.8. The fraction of sp³-hybridized carbons (Fsp3) is 0.217. The first-order valence-corrected chi connectivity index (χ1v) is 10.8. The van der Waals surface area contributed by atoms with Crippen LogP contribution in [-0.4, -0.2) is 47.9 Å². The molecule has 2 heterocycles. The SMILES string of the molecule is COCCCN1C(=O)c2ccc(C(=O)Nc3ncc(Cc4cccc(F)c4)s3)cc2C1=O. The van der Waals surface area contributed by atoms with Gasteiger partial charge in [-0.3, -0.25) is 24.6 Å². The van der Waals surface area contributed by atoms with Crippen LogP contribution in [0.1, 0.15) is 47.9 Å². The molecule has 0 saturated heterocycles. The van der Waals surface area contributed by atoms with Crippen LogP contribution >= 0.6 is 11.3 Å². The normalized spacial score (nSPS) is 12.9. The van der Waals surface area contributed by atoms with E-state index >= 15 is 0 Å². The second-order valence-electron chi connectivity index (χ2n) is 7.26. The van der Waals surface area contributed by atoms with E-state index in [0.717, 1.165) is 10.4 Å². The van der Waals surface area contributed by atoms with Gasteiger partial charge >= 0.3 is 0 Å². The maximum Gasteiger partial charge on any atom is 0.261 e. The number of aromatic nitrogens is 1. The van der Waals surface area contributed by atoms with E-state index in [9.17, 15) is 18.8 Å². The van der Waals surface area contributed by atoms with E-state index in [1.165, 1.54) is 46.6 Å². The Morgan fingerprint density at radius 1 is 1.16 bits per heavy atom. The van der Waals surface area contributed by atoms with Crippen LogP contribution in [0, 0.1) is 5.82 Å². The number of hydrogen-bond acceptors (Lipinski definition) is 6. The topological polar surface area (TPSA) is 88.6 Å². The van der Waals surface area contributed by atoms with Gasteiger partial charge in [0.05, 0.1) is 11.1 Å². The number of halogens is 1. The molecule has 0 saturated carbocycles. The molecular weight excluding hydrogens is 433 g/mol. The Kier molecular flexibility index (Phi) is 6.38. The van der Waals surface area contributed by atoms with E-state index in [1.54, 1.807) is 19.4 Å². The number of nitrogens with one attached hydrogen (secondary N) is 1. The second-order valence-corrected chi connectivity index (χ2v) is 8.38. The van der Waals surface area contributed by atoms with Gasteiger partial charge in [0.15, 0.2) is 5.13 Å². The lowest BCUT2D eigenvalue weighted by Crippen LogP contribution is -2.31. The fourth-order valence-corrected chi connectivity index (χ4v) is 4.31. The van der Waals surface area contributed by atoms with Gasteiger partial charge in [-0.15, -0.1) is 11.3 Å². The molecule has 4 rings (SSSR count). The van der Waals surface area contributed by atoms with E-state index in [0.29, 0.717) is 24.6 Å². The highest BCUT2D eigenvalue weighted by molar-refractivity contribution is 7.15. The van der Waals surface area contributed by atoms with Crippen molar-refractivity contribution in [3.8, 4) is 0 Å². The number of thiazole rings is 1. The Labute approximate surface area is 187 Å². The molecule has 1 aromatic heterocycles. The molecule has 0 spiro atoms. The number of anilines is 1. The summed E-state index contributed by atoms with van der Waals surface area (Å²) in [5.41, 5.74) is 1.57. The molecule has 0 fully saturated rings. The number of benzene rings is 2. The summed E-state index contributed by atoms with van der Waals surface area (Å²) < 4.78 is 18.3. The minimum absolute atomic E-state index is 0.214. The van der Waals surface area contributed by atoms with Gasteiger partial charge in [0.25, 0.3) is 17.7 Å². The average molecular weight is 453 g/mol. The lowest BCUT2D eigenvalue weighted by Gasteiger charge is -2.12. The number of ether oxygens (including phenoxy) is 1. The zero-order valence-corrected chi connectivity index (χ0v) is 18.1. The predicted octanol–water partition coefficient (Wildman–Crippen LogP) is 3.76. The lowest BCUT2D eigenvalue weighted by atomic mass is 10.1. The number of carbonyl (C=O) groups excluding carboxylic acids is 3. The van der Waals surface area contributed by atoms with Crippen molar-refractivity contribution in [1.29, 1.82) is 0 Å². The van der Waals surface area contributed by atoms with Crippen LogP contribution in [0.3, 0.4) is 0 Å². The molecule has 0 bridgehead atoms. The predicted molar refractivity (Wildman–Crippen MR) is 118 cm³/mol. The summed E-state index contributed by atoms with van der Waals surface area (Å²) >= 11 is 1.29. The molecule has 164 valence electrons. The Balaban J connectivity index is 1.44. The van der Waals surface area contributed by atoms with Gasteiger partial charge in [-0.1, -0.05) is 12.1 Å². The lowest BCUT2D eigenvalue weighted by molar-refractivity contribution is 0.0638. The van der Waals surface area contributed by atoms with Crippen LogP contribution in [0.15, 0.2) is 48.7 Å². The molecule has 1 N–H and O–H groups in total. The maximum absolute atomic E-state index is 13.4. The Morgan fingerprint density at radius 3 is 2.75 bits per heavy atom. The van der Waals surface area contributed by atoms with Crippen molar-refractivity contribution < 1.29 is 23.5 Å². The largest absolute Gasteiger partial charge is 0.385 e. The number of amides is 3. The third kappa shape index (κ3) is 4.58. The minimum atomic E-state index is -0.433.